The normalized spacial score (nSPS) is 14.0. The lowest BCUT2D eigenvalue weighted by Gasteiger charge is -2.13. The number of fused-ring (bicyclic) bond motifs is 2. The number of alkyl halides is 3. The molecule has 0 fully saturated rings. The molecule has 0 saturated heterocycles. The third-order valence-corrected chi connectivity index (χ3v) is 3.99. The Morgan fingerprint density at radius 2 is 1.48 bits per heavy atom. The fourth-order valence-electron chi connectivity index (χ4n) is 2.83. The van der Waals surface area contributed by atoms with Crippen LogP contribution in [0.2, 0.25) is 0 Å². The highest BCUT2D eigenvalue weighted by atomic mass is 19.4. The second-order valence-electron chi connectivity index (χ2n) is 5.63. The lowest BCUT2D eigenvalue weighted by atomic mass is 10.1. The first-order chi connectivity index (χ1) is 12.8. The van der Waals surface area contributed by atoms with Crippen molar-refractivity contribution in [2.45, 2.75) is 6.18 Å². The molecule has 0 bridgehead atoms. The van der Waals surface area contributed by atoms with Crippen LogP contribution in [0.5, 0.6) is 0 Å². The number of halogens is 3. The average Bonchev–Trinajstić information content (AvgIpc) is 3.14. The molecule has 6 nitrogen and oxygen atoms in total. The van der Waals surface area contributed by atoms with Gasteiger partial charge in [0.15, 0.2) is 0 Å². The van der Waals surface area contributed by atoms with Crippen molar-refractivity contribution < 1.29 is 36.8 Å². The van der Waals surface area contributed by atoms with Crippen LogP contribution >= 0.6 is 0 Å². The molecular weight excluding hydrogens is 367 g/mol. The Morgan fingerprint density at radius 1 is 0.926 bits per heavy atom. The first-order valence-corrected chi connectivity index (χ1v) is 7.58. The highest BCUT2D eigenvalue weighted by Gasteiger charge is 2.44. The summed E-state index contributed by atoms with van der Waals surface area (Å²) in [7, 11) is 0. The summed E-state index contributed by atoms with van der Waals surface area (Å²) in [5.41, 5.74) is -1.11. The lowest BCUT2D eigenvalue weighted by Crippen LogP contribution is -2.33. The van der Waals surface area contributed by atoms with Gasteiger partial charge in [0.05, 0.1) is 11.1 Å². The second kappa shape index (κ2) is 5.70. The van der Waals surface area contributed by atoms with Crippen LogP contribution in [0.4, 0.5) is 13.2 Å². The van der Waals surface area contributed by atoms with Crippen LogP contribution in [0.3, 0.4) is 0 Å². The van der Waals surface area contributed by atoms with Gasteiger partial charge in [0.25, 0.3) is 11.8 Å². The van der Waals surface area contributed by atoms with Crippen LogP contribution < -0.4 is 0 Å². The summed E-state index contributed by atoms with van der Waals surface area (Å²) in [6.45, 7) is 0. The van der Waals surface area contributed by atoms with E-state index in [-0.39, 0.29) is 27.2 Å². The molecule has 136 valence electrons. The van der Waals surface area contributed by atoms with Crippen molar-refractivity contribution >= 4 is 28.8 Å². The van der Waals surface area contributed by atoms with Gasteiger partial charge in [-0.05, 0) is 18.2 Å². The van der Waals surface area contributed by atoms with E-state index in [0.717, 1.165) is 0 Å². The van der Waals surface area contributed by atoms with Gasteiger partial charge >= 0.3 is 12.1 Å². The summed E-state index contributed by atoms with van der Waals surface area (Å²) < 4.78 is 44.6. The molecule has 2 heterocycles. The maximum absolute atomic E-state index is 13.3. The van der Waals surface area contributed by atoms with Crippen LogP contribution in [-0.4, -0.2) is 22.8 Å². The highest BCUT2D eigenvalue weighted by molar-refractivity contribution is 6.21. The van der Waals surface area contributed by atoms with Crippen molar-refractivity contribution in [3.8, 4) is 0 Å². The first kappa shape index (κ1) is 16.8. The molecule has 0 atom stereocenters. The molecular formula is C18H8F3NO5. The van der Waals surface area contributed by atoms with E-state index in [0.29, 0.717) is 0 Å². The van der Waals surface area contributed by atoms with E-state index in [1.54, 1.807) is 0 Å². The van der Waals surface area contributed by atoms with Gasteiger partial charge in [0.1, 0.15) is 11.1 Å². The Hall–Kier alpha value is -3.62. The average molecular weight is 375 g/mol. The molecule has 0 spiro atoms. The van der Waals surface area contributed by atoms with Crippen molar-refractivity contribution in [1.82, 2.24) is 5.06 Å². The Bertz CT molecular complexity index is 1080. The molecule has 2 aromatic carbocycles. The predicted molar refractivity (Wildman–Crippen MR) is 83.6 cm³/mol. The molecule has 27 heavy (non-hydrogen) atoms. The largest absolute Gasteiger partial charge is 0.451 e. The first-order valence-electron chi connectivity index (χ1n) is 7.58. The quantitative estimate of drug-likeness (QED) is 0.637. The van der Waals surface area contributed by atoms with Crippen LogP contribution in [0, 0.1) is 0 Å². The van der Waals surface area contributed by atoms with Gasteiger partial charge in [0.2, 0.25) is 5.76 Å². The van der Waals surface area contributed by atoms with Crippen LogP contribution in [0.25, 0.3) is 11.0 Å². The summed E-state index contributed by atoms with van der Waals surface area (Å²) in [4.78, 5) is 41.7. The standard InChI is InChI=1S/C18H8F3NO5/c19-18(20,21)14-13(11-7-3-4-8-12(11)26-14)17(25)27-22-15(23)9-5-1-2-6-10(9)16(22)24/h1-8H. The molecule has 1 aromatic heterocycles. The topological polar surface area (TPSA) is 76.8 Å². The number of furan rings is 1. The van der Waals surface area contributed by atoms with Crippen molar-refractivity contribution in [2.24, 2.45) is 0 Å². The molecule has 4 rings (SSSR count). The molecule has 2 amide bonds. The monoisotopic (exact) mass is 375 g/mol. The number of carbonyl (C=O) groups excluding carboxylic acids is 3. The molecule has 0 unspecified atom stereocenters. The van der Waals surface area contributed by atoms with E-state index in [1.807, 2.05) is 0 Å². The Balaban J connectivity index is 1.75. The Kier molecular flexibility index (Phi) is 3.55. The number of hydrogen-bond acceptors (Lipinski definition) is 5. The minimum atomic E-state index is -4.98. The minimum absolute atomic E-state index is 0.0107. The van der Waals surface area contributed by atoms with Gasteiger partial charge in [-0.3, -0.25) is 9.59 Å². The maximum atomic E-state index is 13.3. The smallest absolute Gasteiger partial charge is 0.450 e. The van der Waals surface area contributed by atoms with E-state index >= 15 is 0 Å². The van der Waals surface area contributed by atoms with Crippen molar-refractivity contribution in [1.29, 1.82) is 0 Å². The van der Waals surface area contributed by atoms with E-state index in [1.165, 1.54) is 48.5 Å². The molecule has 0 N–H and O–H groups in total. The van der Waals surface area contributed by atoms with Crippen molar-refractivity contribution in [2.75, 3.05) is 0 Å². The number of hydroxylamine groups is 2. The highest BCUT2D eigenvalue weighted by Crippen LogP contribution is 2.38. The van der Waals surface area contributed by atoms with Gasteiger partial charge in [-0.1, -0.05) is 35.4 Å². The van der Waals surface area contributed by atoms with E-state index in [9.17, 15) is 27.6 Å². The fourth-order valence-corrected chi connectivity index (χ4v) is 2.83. The Labute approximate surface area is 148 Å². The summed E-state index contributed by atoms with van der Waals surface area (Å²) in [5, 5.41) is 0.000925. The third-order valence-electron chi connectivity index (χ3n) is 3.99. The number of carbonyl (C=O) groups is 3. The van der Waals surface area contributed by atoms with E-state index in [4.69, 9.17) is 9.25 Å². The van der Waals surface area contributed by atoms with Crippen LogP contribution in [0.15, 0.2) is 52.9 Å². The number of imide groups is 1. The Morgan fingerprint density at radius 3 is 2.07 bits per heavy atom. The van der Waals surface area contributed by atoms with Gasteiger partial charge < -0.3 is 9.25 Å². The second-order valence-corrected chi connectivity index (χ2v) is 5.63. The van der Waals surface area contributed by atoms with Gasteiger partial charge in [-0.25, -0.2) is 4.79 Å². The molecule has 0 aliphatic carbocycles. The van der Waals surface area contributed by atoms with Gasteiger partial charge in [0, 0.05) is 5.39 Å². The predicted octanol–water partition coefficient (Wildman–Crippen LogP) is 3.82. The zero-order valence-corrected chi connectivity index (χ0v) is 13.2. The summed E-state index contributed by atoms with van der Waals surface area (Å²) >= 11 is 0. The third kappa shape index (κ3) is 2.55. The number of hydrogen-bond donors (Lipinski definition) is 0. The SMILES string of the molecule is O=C(ON1C(=O)c2ccccc2C1=O)c1c(C(F)(F)F)oc2ccccc12. The summed E-state index contributed by atoms with van der Waals surface area (Å²) in [6, 6.07) is 11.0. The molecule has 0 saturated carbocycles. The molecule has 9 heteroatoms. The number of nitrogens with zero attached hydrogens (tertiary/aromatic N) is 1. The van der Waals surface area contributed by atoms with Crippen molar-refractivity contribution in [3.05, 3.63) is 71.0 Å². The lowest BCUT2D eigenvalue weighted by molar-refractivity contribution is -0.153. The van der Waals surface area contributed by atoms with Crippen molar-refractivity contribution in [3.63, 3.8) is 0 Å². The molecule has 1 aliphatic rings. The molecule has 3 aromatic rings. The number of amides is 2. The zero-order chi connectivity index (χ0) is 19.3. The molecule has 1 aliphatic heterocycles. The maximum Gasteiger partial charge on any atom is 0.450 e. The zero-order valence-electron chi connectivity index (χ0n) is 13.2. The van der Waals surface area contributed by atoms with Crippen LogP contribution in [-0.2, 0) is 11.0 Å². The number of para-hydroxylation sites is 1. The summed E-state index contributed by atoms with van der Waals surface area (Å²) in [5.74, 6) is -4.97. The van der Waals surface area contributed by atoms with E-state index < -0.39 is 35.3 Å². The minimum Gasteiger partial charge on any atom is -0.451 e. The van der Waals surface area contributed by atoms with Gasteiger partial charge in [-0.2, -0.15) is 13.2 Å². The van der Waals surface area contributed by atoms with Gasteiger partial charge in [-0.15, -0.1) is 0 Å². The molecule has 0 radical (unpaired) electrons. The number of benzene rings is 2. The fraction of sp³-hybridized carbons (Fsp3) is 0.0556. The van der Waals surface area contributed by atoms with E-state index in [2.05, 4.69) is 0 Å². The van der Waals surface area contributed by atoms with Crippen LogP contribution in [0.1, 0.15) is 36.8 Å². The summed E-state index contributed by atoms with van der Waals surface area (Å²) in [6.07, 6.45) is -4.98. The number of rotatable bonds is 2.